The Morgan fingerprint density at radius 1 is 1.14 bits per heavy atom. The number of fused-ring (bicyclic) bond motifs is 2. The van der Waals surface area contributed by atoms with Crippen LogP contribution in [0.25, 0.3) is 10.9 Å². The van der Waals surface area contributed by atoms with Crippen molar-refractivity contribution >= 4 is 28.5 Å². The van der Waals surface area contributed by atoms with E-state index in [-0.39, 0.29) is 12.1 Å². The number of nitrogens with zero attached hydrogens (tertiary/aromatic N) is 4. The third-order valence-electron chi connectivity index (χ3n) is 6.55. The fraction of sp³-hybridized carbons (Fsp3) is 0.455. The Hall–Kier alpha value is -2.05. The molecule has 0 spiro atoms. The van der Waals surface area contributed by atoms with Gasteiger partial charge in [0.05, 0.1) is 24.0 Å². The van der Waals surface area contributed by atoms with Gasteiger partial charge in [-0.1, -0.05) is 6.07 Å². The van der Waals surface area contributed by atoms with Crippen LogP contribution in [0.4, 0.5) is 5.82 Å². The average molecular weight is 395 g/mol. The van der Waals surface area contributed by atoms with E-state index < -0.39 is 0 Å². The Morgan fingerprint density at radius 3 is 2.71 bits per heavy atom. The number of rotatable bonds is 3. The Morgan fingerprint density at radius 2 is 1.96 bits per heavy atom. The number of aryl methyl sites for hydroxylation is 1. The normalized spacial score (nSPS) is 27.3. The molecule has 3 aromatic rings. The lowest BCUT2D eigenvalue weighted by Crippen LogP contribution is -2.35. The number of pyridine rings is 1. The second-order valence-electron chi connectivity index (χ2n) is 8.22. The Labute approximate surface area is 169 Å². The maximum atomic E-state index is 10.7. The molecule has 3 heterocycles. The van der Waals surface area contributed by atoms with E-state index in [1.807, 2.05) is 12.5 Å². The molecule has 146 valence electrons. The molecule has 6 heteroatoms. The van der Waals surface area contributed by atoms with Gasteiger partial charge in [0.25, 0.3) is 0 Å². The van der Waals surface area contributed by atoms with Crippen molar-refractivity contribution in [3.05, 3.63) is 48.5 Å². The summed E-state index contributed by atoms with van der Waals surface area (Å²) in [6.07, 6.45) is 9.26. The summed E-state index contributed by atoms with van der Waals surface area (Å²) >= 11 is 1.75. The fourth-order valence-electron chi connectivity index (χ4n) is 5.03. The van der Waals surface area contributed by atoms with Crippen molar-refractivity contribution in [2.45, 2.75) is 36.8 Å². The first-order chi connectivity index (χ1) is 13.6. The van der Waals surface area contributed by atoms with Gasteiger partial charge in [0.2, 0.25) is 0 Å². The predicted octanol–water partition coefficient (Wildman–Crippen LogP) is 3.91. The highest BCUT2D eigenvalue weighted by molar-refractivity contribution is 7.98. The smallest absolute Gasteiger partial charge is 0.129 e. The summed E-state index contributed by atoms with van der Waals surface area (Å²) in [5.41, 5.74) is 2.35. The molecule has 1 aliphatic carbocycles. The van der Waals surface area contributed by atoms with Gasteiger partial charge in [-0.25, -0.2) is 9.97 Å². The number of anilines is 1. The van der Waals surface area contributed by atoms with Crippen LogP contribution >= 0.6 is 11.8 Å². The first kappa shape index (κ1) is 18.0. The molecule has 2 aliphatic rings. The molecule has 0 radical (unpaired) electrons. The van der Waals surface area contributed by atoms with E-state index in [0.29, 0.717) is 11.8 Å². The van der Waals surface area contributed by atoms with E-state index in [9.17, 15) is 5.11 Å². The minimum absolute atomic E-state index is 0.138. The van der Waals surface area contributed by atoms with Gasteiger partial charge in [-0.15, -0.1) is 11.8 Å². The van der Waals surface area contributed by atoms with Gasteiger partial charge < -0.3 is 14.6 Å². The first-order valence-electron chi connectivity index (χ1n) is 9.98. The molecule has 1 saturated heterocycles. The molecule has 1 aromatic carbocycles. The van der Waals surface area contributed by atoms with Gasteiger partial charge in [-0.3, -0.25) is 0 Å². The van der Waals surface area contributed by atoms with Crippen molar-refractivity contribution in [1.29, 1.82) is 0 Å². The maximum absolute atomic E-state index is 10.7. The predicted molar refractivity (Wildman–Crippen MR) is 114 cm³/mol. The highest BCUT2D eigenvalue weighted by Crippen LogP contribution is 2.42. The third-order valence-corrected chi connectivity index (χ3v) is 7.28. The monoisotopic (exact) mass is 394 g/mol. The fourth-order valence-corrected chi connectivity index (χ4v) is 5.47. The molecule has 2 fully saturated rings. The molecular formula is C22H26N4OS. The van der Waals surface area contributed by atoms with Crippen LogP contribution < -0.4 is 4.90 Å². The summed E-state index contributed by atoms with van der Waals surface area (Å²) in [4.78, 5) is 12.8. The Bertz CT molecular complexity index is 990. The Kier molecular flexibility index (Phi) is 4.56. The third kappa shape index (κ3) is 3.08. The summed E-state index contributed by atoms with van der Waals surface area (Å²) in [7, 11) is 0. The highest BCUT2D eigenvalue weighted by Gasteiger charge is 2.42. The lowest BCUT2D eigenvalue weighted by molar-refractivity contribution is 0.0358. The van der Waals surface area contributed by atoms with Crippen LogP contribution in [-0.2, 0) is 0 Å². The van der Waals surface area contributed by atoms with Crippen LogP contribution in [-0.4, -0.2) is 45.1 Å². The minimum atomic E-state index is -0.300. The van der Waals surface area contributed by atoms with Crippen LogP contribution in [0.2, 0.25) is 0 Å². The van der Waals surface area contributed by atoms with Gasteiger partial charge in [0, 0.05) is 35.8 Å². The molecule has 0 bridgehead atoms. The zero-order chi connectivity index (χ0) is 19.3. The van der Waals surface area contributed by atoms with E-state index in [1.165, 1.54) is 15.8 Å². The van der Waals surface area contributed by atoms with Crippen LogP contribution in [0.1, 0.15) is 24.4 Å². The number of thioether (sulfide) groups is 1. The number of hydrogen-bond donors (Lipinski definition) is 1. The van der Waals surface area contributed by atoms with Crippen LogP contribution in [0.5, 0.6) is 0 Å². The summed E-state index contributed by atoms with van der Waals surface area (Å²) in [5.74, 6) is 2.20. The van der Waals surface area contributed by atoms with Crippen molar-refractivity contribution in [3.63, 3.8) is 0 Å². The molecule has 5 rings (SSSR count). The summed E-state index contributed by atoms with van der Waals surface area (Å²) in [6.45, 7) is 4.18. The second-order valence-corrected chi connectivity index (χ2v) is 9.10. The van der Waals surface area contributed by atoms with Gasteiger partial charge >= 0.3 is 0 Å². The largest absolute Gasteiger partial charge is 0.391 e. The maximum Gasteiger partial charge on any atom is 0.129 e. The number of hydrogen-bond acceptors (Lipinski definition) is 5. The molecule has 1 N–H and O–H groups in total. The van der Waals surface area contributed by atoms with Gasteiger partial charge in [-0.05, 0) is 61.6 Å². The topological polar surface area (TPSA) is 54.2 Å². The van der Waals surface area contributed by atoms with Gasteiger partial charge in [-0.2, -0.15) is 0 Å². The number of aliphatic hydroxyl groups is 1. The SMILES string of the molecule is CSc1ccc2c(C)cc(N3C[C@H]4C[C@@H](n5ccnc5)[C@H](O)C[C@H]4C3)nc2c1. The number of aromatic nitrogens is 3. The molecule has 1 saturated carbocycles. The minimum Gasteiger partial charge on any atom is -0.391 e. The lowest BCUT2D eigenvalue weighted by Gasteiger charge is -2.35. The van der Waals surface area contributed by atoms with E-state index in [1.54, 1.807) is 18.0 Å². The Balaban J connectivity index is 1.41. The van der Waals surface area contributed by atoms with Crippen molar-refractivity contribution < 1.29 is 5.11 Å². The summed E-state index contributed by atoms with van der Waals surface area (Å²) < 4.78 is 2.08. The van der Waals surface area contributed by atoms with E-state index in [4.69, 9.17) is 4.98 Å². The molecule has 0 amide bonds. The van der Waals surface area contributed by atoms with E-state index in [0.717, 1.165) is 37.3 Å². The van der Waals surface area contributed by atoms with Gasteiger partial charge in [0.1, 0.15) is 5.82 Å². The molecular weight excluding hydrogens is 368 g/mol. The van der Waals surface area contributed by atoms with Crippen molar-refractivity contribution in [2.24, 2.45) is 11.8 Å². The molecule has 0 unspecified atom stereocenters. The standard InChI is InChI=1S/C22H26N4OS/c1-14-7-22(24-19-10-17(28-2)3-4-18(14)19)26-11-15-8-20(25-6-5-23-13-25)21(27)9-16(15)12-26/h3-7,10,13,15-16,20-21,27H,8-9,11-12H2,1-2H3/t15-,16+,20-,21-/m1/s1. The number of imidazole rings is 1. The summed E-state index contributed by atoms with van der Waals surface area (Å²) in [5, 5.41) is 11.9. The van der Waals surface area contributed by atoms with E-state index in [2.05, 4.69) is 51.9 Å². The lowest BCUT2D eigenvalue weighted by atomic mass is 9.77. The average Bonchev–Trinajstić information content (AvgIpc) is 3.36. The van der Waals surface area contributed by atoms with Crippen LogP contribution in [0, 0.1) is 18.8 Å². The van der Waals surface area contributed by atoms with Crippen LogP contribution in [0.3, 0.4) is 0 Å². The second kappa shape index (κ2) is 7.08. The molecule has 1 aliphatic heterocycles. The molecule has 5 nitrogen and oxygen atoms in total. The van der Waals surface area contributed by atoms with Crippen molar-refractivity contribution in [3.8, 4) is 0 Å². The van der Waals surface area contributed by atoms with Crippen molar-refractivity contribution in [1.82, 2.24) is 14.5 Å². The summed E-state index contributed by atoms with van der Waals surface area (Å²) in [6, 6.07) is 8.91. The zero-order valence-electron chi connectivity index (χ0n) is 16.3. The number of benzene rings is 1. The molecule has 2 aromatic heterocycles. The van der Waals surface area contributed by atoms with Gasteiger partial charge in [0.15, 0.2) is 0 Å². The van der Waals surface area contributed by atoms with Crippen LogP contribution in [0.15, 0.2) is 47.9 Å². The van der Waals surface area contributed by atoms with E-state index >= 15 is 0 Å². The quantitative estimate of drug-likeness (QED) is 0.683. The van der Waals surface area contributed by atoms with Crippen molar-refractivity contribution in [2.75, 3.05) is 24.2 Å². The molecule has 4 atom stereocenters. The highest BCUT2D eigenvalue weighted by atomic mass is 32.2. The first-order valence-corrected chi connectivity index (χ1v) is 11.2. The number of aliphatic hydroxyl groups excluding tert-OH is 1. The molecule has 28 heavy (non-hydrogen) atoms. The zero-order valence-corrected chi connectivity index (χ0v) is 17.1.